The van der Waals surface area contributed by atoms with E-state index in [0.29, 0.717) is 19.6 Å². The molecule has 0 radical (unpaired) electrons. The Morgan fingerprint density at radius 1 is 1.29 bits per heavy atom. The highest BCUT2D eigenvalue weighted by atomic mass is 16.3. The Bertz CT molecular complexity index is 537. The molecule has 5 heteroatoms. The first-order valence-electron chi connectivity index (χ1n) is 9.05. The van der Waals surface area contributed by atoms with Gasteiger partial charge in [0.15, 0.2) is 0 Å². The van der Waals surface area contributed by atoms with E-state index in [4.69, 9.17) is 0 Å². The molecule has 0 bridgehead atoms. The van der Waals surface area contributed by atoms with Crippen LogP contribution in [0.15, 0.2) is 18.2 Å². The van der Waals surface area contributed by atoms with Crippen molar-refractivity contribution >= 4 is 11.7 Å². The zero-order chi connectivity index (χ0) is 17.7. The second kappa shape index (κ2) is 8.49. The van der Waals surface area contributed by atoms with Gasteiger partial charge in [0.25, 0.3) is 0 Å². The molecular formula is C19H31N3O2. The Balaban J connectivity index is 2.04. The number of amides is 2. The van der Waals surface area contributed by atoms with E-state index in [-0.39, 0.29) is 18.2 Å². The number of anilines is 1. The zero-order valence-corrected chi connectivity index (χ0v) is 15.4. The minimum atomic E-state index is -0.337. The van der Waals surface area contributed by atoms with Crippen molar-refractivity contribution in [3.8, 4) is 0 Å². The Hall–Kier alpha value is -1.59. The summed E-state index contributed by atoms with van der Waals surface area (Å²) in [4.78, 5) is 16.9. The van der Waals surface area contributed by atoms with Gasteiger partial charge in [0, 0.05) is 37.9 Å². The summed E-state index contributed by atoms with van der Waals surface area (Å²) in [6.07, 6.45) is 1.47. The van der Waals surface area contributed by atoms with E-state index in [1.54, 1.807) is 6.92 Å². The highest BCUT2D eigenvalue weighted by Crippen LogP contribution is 2.23. The maximum absolute atomic E-state index is 12.7. The van der Waals surface area contributed by atoms with Gasteiger partial charge in [0.1, 0.15) is 0 Å². The number of nitrogens with one attached hydrogen (secondary N) is 1. The molecule has 0 spiro atoms. The van der Waals surface area contributed by atoms with Gasteiger partial charge in [-0.2, -0.15) is 0 Å². The van der Waals surface area contributed by atoms with Gasteiger partial charge in [0.2, 0.25) is 0 Å². The Kier molecular flexibility index (Phi) is 6.63. The average molecular weight is 333 g/mol. The third-order valence-electron chi connectivity index (χ3n) is 4.78. The first-order chi connectivity index (χ1) is 11.5. The number of hydrogen-bond acceptors (Lipinski definition) is 3. The number of urea groups is 1. The summed E-state index contributed by atoms with van der Waals surface area (Å²) in [7, 11) is 0. The van der Waals surface area contributed by atoms with Gasteiger partial charge in [-0.15, -0.1) is 0 Å². The van der Waals surface area contributed by atoms with Crippen molar-refractivity contribution in [1.82, 2.24) is 9.80 Å². The maximum atomic E-state index is 12.7. The van der Waals surface area contributed by atoms with Crippen LogP contribution in [-0.2, 0) is 12.8 Å². The van der Waals surface area contributed by atoms with E-state index in [1.807, 2.05) is 4.90 Å². The van der Waals surface area contributed by atoms with Crippen molar-refractivity contribution in [2.45, 2.75) is 52.7 Å². The predicted octanol–water partition coefficient (Wildman–Crippen LogP) is 2.73. The number of carbonyl (C=O) groups excluding carboxylic acids is 1. The molecule has 1 aromatic rings. The average Bonchev–Trinajstić information content (AvgIpc) is 2.56. The van der Waals surface area contributed by atoms with Gasteiger partial charge in [-0.3, -0.25) is 4.90 Å². The number of aliphatic hydroxyl groups excluding tert-OH is 1. The third kappa shape index (κ3) is 4.48. The Morgan fingerprint density at radius 2 is 1.92 bits per heavy atom. The molecule has 1 aliphatic heterocycles. The van der Waals surface area contributed by atoms with Crippen LogP contribution < -0.4 is 5.32 Å². The van der Waals surface area contributed by atoms with E-state index in [9.17, 15) is 9.90 Å². The molecule has 0 saturated carbocycles. The van der Waals surface area contributed by atoms with E-state index < -0.39 is 0 Å². The molecule has 0 aromatic heterocycles. The minimum absolute atomic E-state index is 0.0193. The number of hydrogen-bond donors (Lipinski definition) is 2. The van der Waals surface area contributed by atoms with Gasteiger partial charge in [-0.1, -0.05) is 32.0 Å². The second-order valence-electron chi connectivity index (χ2n) is 6.73. The first-order valence-corrected chi connectivity index (χ1v) is 9.05. The quantitative estimate of drug-likeness (QED) is 0.871. The summed E-state index contributed by atoms with van der Waals surface area (Å²) in [6.45, 7) is 11.0. The highest BCUT2D eigenvalue weighted by Gasteiger charge is 2.27. The zero-order valence-electron chi connectivity index (χ0n) is 15.4. The Labute approximate surface area is 145 Å². The normalized spacial score (nSPS) is 20.0. The molecule has 134 valence electrons. The monoisotopic (exact) mass is 333 g/mol. The van der Waals surface area contributed by atoms with Crippen molar-refractivity contribution in [1.29, 1.82) is 0 Å². The lowest BCUT2D eigenvalue weighted by Crippen LogP contribution is -2.55. The van der Waals surface area contributed by atoms with Crippen molar-refractivity contribution in [3.63, 3.8) is 0 Å². The third-order valence-corrected chi connectivity index (χ3v) is 4.78. The molecule has 2 amide bonds. The molecule has 5 nitrogen and oxygen atoms in total. The van der Waals surface area contributed by atoms with E-state index in [0.717, 1.165) is 25.1 Å². The molecule has 1 saturated heterocycles. The number of carbonyl (C=O) groups is 1. The summed E-state index contributed by atoms with van der Waals surface area (Å²) in [5, 5.41) is 12.7. The number of para-hydroxylation sites is 1. The van der Waals surface area contributed by atoms with E-state index >= 15 is 0 Å². The van der Waals surface area contributed by atoms with Crippen LogP contribution in [0, 0.1) is 0 Å². The van der Waals surface area contributed by atoms with Crippen molar-refractivity contribution in [3.05, 3.63) is 29.3 Å². The van der Waals surface area contributed by atoms with Crippen LogP contribution in [0.3, 0.4) is 0 Å². The lowest BCUT2D eigenvalue weighted by molar-refractivity contribution is 0.0590. The molecule has 2 rings (SSSR count). The van der Waals surface area contributed by atoms with E-state index in [1.165, 1.54) is 11.1 Å². The molecule has 2 atom stereocenters. The molecule has 1 heterocycles. The predicted molar refractivity (Wildman–Crippen MR) is 98.5 cm³/mol. The van der Waals surface area contributed by atoms with Crippen molar-refractivity contribution in [2.24, 2.45) is 0 Å². The van der Waals surface area contributed by atoms with Crippen LogP contribution in [0.1, 0.15) is 38.8 Å². The number of nitrogens with zero attached hydrogens (tertiary/aromatic N) is 2. The highest BCUT2D eigenvalue weighted by molar-refractivity contribution is 5.91. The summed E-state index contributed by atoms with van der Waals surface area (Å²) in [5.41, 5.74) is 3.35. The van der Waals surface area contributed by atoms with Gasteiger partial charge in [-0.25, -0.2) is 4.79 Å². The van der Waals surface area contributed by atoms with Crippen LogP contribution in [0.4, 0.5) is 10.5 Å². The lowest BCUT2D eigenvalue weighted by Gasteiger charge is -2.40. The van der Waals surface area contributed by atoms with Crippen molar-refractivity contribution < 1.29 is 9.90 Å². The number of aliphatic hydroxyl groups is 1. The summed E-state index contributed by atoms with van der Waals surface area (Å²) < 4.78 is 0. The largest absolute Gasteiger partial charge is 0.392 e. The smallest absolute Gasteiger partial charge is 0.321 e. The number of β-amino-alcohol motifs (C(OH)–C–C–N with tert-alkyl or cyclic N) is 1. The van der Waals surface area contributed by atoms with Gasteiger partial charge < -0.3 is 15.3 Å². The second-order valence-corrected chi connectivity index (χ2v) is 6.73. The standard InChI is InChI=1S/C19H31N3O2/c1-5-16-8-7-9-17(6-2)18(16)20-19(24)22-11-10-21(13-15(4)23)14(3)12-22/h7-9,14-15,23H,5-6,10-13H2,1-4H3,(H,20,24)/t14-,15+/m1/s1. The molecule has 1 fully saturated rings. The molecule has 2 N–H and O–H groups in total. The molecule has 0 aliphatic carbocycles. The lowest BCUT2D eigenvalue weighted by atomic mass is 10.0. The number of aryl methyl sites for hydroxylation is 2. The maximum Gasteiger partial charge on any atom is 0.321 e. The van der Waals surface area contributed by atoms with Crippen LogP contribution in [0.5, 0.6) is 0 Å². The van der Waals surface area contributed by atoms with Crippen LogP contribution in [0.2, 0.25) is 0 Å². The minimum Gasteiger partial charge on any atom is -0.392 e. The number of piperazine rings is 1. The van der Waals surface area contributed by atoms with E-state index in [2.05, 4.69) is 49.2 Å². The molecule has 1 aromatic carbocycles. The van der Waals surface area contributed by atoms with Crippen molar-refractivity contribution in [2.75, 3.05) is 31.5 Å². The summed E-state index contributed by atoms with van der Waals surface area (Å²) >= 11 is 0. The number of rotatable bonds is 5. The van der Waals surface area contributed by atoms with Crippen LogP contribution >= 0.6 is 0 Å². The molecule has 1 aliphatic rings. The topological polar surface area (TPSA) is 55.8 Å². The number of benzene rings is 1. The fraction of sp³-hybridized carbons (Fsp3) is 0.632. The van der Waals surface area contributed by atoms with Gasteiger partial charge >= 0.3 is 6.03 Å². The molecule has 24 heavy (non-hydrogen) atoms. The molecular weight excluding hydrogens is 302 g/mol. The fourth-order valence-electron chi connectivity index (χ4n) is 3.38. The first kappa shape index (κ1) is 18.7. The SMILES string of the molecule is CCc1cccc(CC)c1NC(=O)N1CCN(C[C@H](C)O)[C@H](C)C1. The van der Waals surface area contributed by atoms with Crippen LogP contribution in [0.25, 0.3) is 0 Å². The van der Waals surface area contributed by atoms with Gasteiger partial charge in [-0.05, 0) is 37.8 Å². The molecule has 0 unspecified atom stereocenters. The van der Waals surface area contributed by atoms with Crippen LogP contribution in [-0.4, -0.2) is 59.3 Å². The Morgan fingerprint density at radius 3 is 2.42 bits per heavy atom. The summed E-state index contributed by atoms with van der Waals surface area (Å²) in [5.74, 6) is 0. The summed E-state index contributed by atoms with van der Waals surface area (Å²) in [6, 6.07) is 6.46. The fourth-order valence-corrected chi connectivity index (χ4v) is 3.38. The van der Waals surface area contributed by atoms with Gasteiger partial charge in [0.05, 0.1) is 6.10 Å².